The van der Waals surface area contributed by atoms with Crippen LogP contribution in [0.2, 0.25) is 0 Å². The van der Waals surface area contributed by atoms with Gasteiger partial charge < -0.3 is 10.1 Å². The fourth-order valence-corrected chi connectivity index (χ4v) is 1.64. The Kier molecular flexibility index (Phi) is 5.44. The molecule has 0 aromatic heterocycles. The Morgan fingerprint density at radius 2 is 2.11 bits per heavy atom. The highest BCUT2D eigenvalue weighted by atomic mass is 79.9. The second-order valence-electron chi connectivity index (χ2n) is 3.40. The third-order valence-corrected chi connectivity index (χ3v) is 2.59. The van der Waals surface area contributed by atoms with Crippen LogP contribution in [0, 0.1) is 11.3 Å². The summed E-state index contributed by atoms with van der Waals surface area (Å²) in [6.07, 6.45) is -4.29. The fraction of sp³-hybridized carbons (Fsp3) is 0.364. The van der Waals surface area contributed by atoms with E-state index in [1.54, 1.807) is 18.2 Å². The Balaban J connectivity index is 2.32. The number of ether oxygens (including phenoxy) is 1. The van der Waals surface area contributed by atoms with Gasteiger partial charge in [-0.1, -0.05) is 0 Å². The summed E-state index contributed by atoms with van der Waals surface area (Å²) in [5.74, 6) is 0. The quantitative estimate of drug-likeness (QED) is 0.846. The minimum Gasteiger partial charge on any atom is -0.383 e. The van der Waals surface area contributed by atoms with Crippen LogP contribution in [-0.4, -0.2) is 25.9 Å². The zero-order valence-electron chi connectivity index (χ0n) is 9.22. The summed E-state index contributed by atoms with van der Waals surface area (Å²) in [5.41, 5.74) is 1.20. The van der Waals surface area contributed by atoms with Crippen LogP contribution in [0.15, 0.2) is 22.7 Å². The van der Waals surface area contributed by atoms with E-state index in [-0.39, 0.29) is 13.2 Å². The molecule has 0 spiro atoms. The highest BCUT2D eigenvalue weighted by molar-refractivity contribution is 9.10. The molecule has 0 atom stereocenters. The number of nitrogens with one attached hydrogen (secondary N) is 1. The predicted molar refractivity (Wildman–Crippen MR) is 64.2 cm³/mol. The van der Waals surface area contributed by atoms with Crippen molar-refractivity contribution in [2.75, 3.05) is 25.1 Å². The van der Waals surface area contributed by atoms with Gasteiger partial charge in [0, 0.05) is 16.7 Å². The molecule has 0 aliphatic rings. The van der Waals surface area contributed by atoms with Crippen LogP contribution in [0.4, 0.5) is 18.9 Å². The number of hydrogen-bond donors (Lipinski definition) is 1. The second kappa shape index (κ2) is 6.61. The Hall–Kier alpha value is -1.26. The standard InChI is InChI=1S/C11H10BrF3N2O/c12-10-5-9(2-1-8(10)6-16)17-3-4-18-7-11(13,14)15/h1-2,5,17H,3-4,7H2. The van der Waals surface area contributed by atoms with Gasteiger partial charge in [0.2, 0.25) is 0 Å². The Morgan fingerprint density at radius 3 is 2.67 bits per heavy atom. The van der Waals surface area contributed by atoms with Crippen molar-refractivity contribution in [2.45, 2.75) is 6.18 Å². The maximum Gasteiger partial charge on any atom is 0.411 e. The van der Waals surface area contributed by atoms with E-state index < -0.39 is 12.8 Å². The van der Waals surface area contributed by atoms with E-state index in [1.807, 2.05) is 6.07 Å². The Labute approximate surface area is 111 Å². The first-order valence-corrected chi connectivity index (χ1v) is 5.80. The van der Waals surface area contributed by atoms with Crippen LogP contribution in [-0.2, 0) is 4.74 Å². The minimum absolute atomic E-state index is 0.0445. The van der Waals surface area contributed by atoms with E-state index in [9.17, 15) is 13.2 Å². The van der Waals surface area contributed by atoms with Gasteiger partial charge in [-0.2, -0.15) is 18.4 Å². The molecule has 0 amide bonds. The SMILES string of the molecule is N#Cc1ccc(NCCOCC(F)(F)F)cc1Br. The molecule has 1 aromatic rings. The molecular weight excluding hydrogens is 313 g/mol. The van der Waals surface area contributed by atoms with E-state index >= 15 is 0 Å². The van der Waals surface area contributed by atoms with Crippen LogP contribution >= 0.6 is 15.9 Å². The molecule has 0 saturated carbocycles. The van der Waals surface area contributed by atoms with Crippen molar-refractivity contribution in [3.8, 4) is 6.07 Å². The van der Waals surface area contributed by atoms with Gasteiger partial charge >= 0.3 is 6.18 Å². The average Bonchev–Trinajstić information content (AvgIpc) is 2.27. The Bertz CT molecular complexity index is 443. The second-order valence-corrected chi connectivity index (χ2v) is 4.26. The summed E-state index contributed by atoms with van der Waals surface area (Å²) < 4.78 is 40.4. The first-order chi connectivity index (χ1) is 8.42. The summed E-state index contributed by atoms with van der Waals surface area (Å²) in [5, 5.41) is 11.6. The Morgan fingerprint density at radius 1 is 1.39 bits per heavy atom. The van der Waals surface area contributed by atoms with Crippen molar-refractivity contribution < 1.29 is 17.9 Å². The molecule has 0 saturated heterocycles. The maximum atomic E-state index is 11.8. The number of halogens is 4. The van der Waals surface area contributed by atoms with Crippen LogP contribution in [0.1, 0.15) is 5.56 Å². The molecule has 98 valence electrons. The zero-order valence-corrected chi connectivity index (χ0v) is 10.8. The van der Waals surface area contributed by atoms with E-state index in [0.29, 0.717) is 15.7 Å². The summed E-state index contributed by atoms with van der Waals surface area (Å²) in [6.45, 7) is -1.03. The third-order valence-electron chi connectivity index (χ3n) is 1.93. The van der Waals surface area contributed by atoms with E-state index in [1.165, 1.54) is 0 Å². The van der Waals surface area contributed by atoms with E-state index in [4.69, 9.17) is 5.26 Å². The van der Waals surface area contributed by atoms with Crippen molar-refractivity contribution in [3.63, 3.8) is 0 Å². The maximum absolute atomic E-state index is 11.8. The van der Waals surface area contributed by atoms with Gasteiger partial charge in [-0.15, -0.1) is 0 Å². The minimum atomic E-state index is -4.29. The zero-order chi connectivity index (χ0) is 13.6. The number of nitrogens with zero attached hydrogens (tertiary/aromatic N) is 1. The van der Waals surface area contributed by atoms with Gasteiger partial charge in [-0.3, -0.25) is 0 Å². The van der Waals surface area contributed by atoms with Crippen molar-refractivity contribution >= 4 is 21.6 Å². The van der Waals surface area contributed by atoms with Gasteiger partial charge in [0.05, 0.1) is 12.2 Å². The summed E-state index contributed by atoms with van der Waals surface area (Å²) >= 11 is 3.21. The number of anilines is 1. The van der Waals surface area contributed by atoms with Gasteiger partial charge in [-0.05, 0) is 34.1 Å². The molecule has 1 N–H and O–H groups in total. The van der Waals surface area contributed by atoms with Crippen LogP contribution < -0.4 is 5.32 Å². The summed E-state index contributed by atoms with van der Waals surface area (Å²) in [6, 6.07) is 6.96. The molecule has 0 fully saturated rings. The smallest absolute Gasteiger partial charge is 0.383 e. The molecule has 18 heavy (non-hydrogen) atoms. The van der Waals surface area contributed by atoms with Crippen LogP contribution in [0.3, 0.4) is 0 Å². The highest BCUT2D eigenvalue weighted by Crippen LogP contribution is 2.20. The van der Waals surface area contributed by atoms with Gasteiger partial charge in [0.15, 0.2) is 0 Å². The normalized spacial score (nSPS) is 11.1. The van der Waals surface area contributed by atoms with Gasteiger partial charge in [0.25, 0.3) is 0 Å². The van der Waals surface area contributed by atoms with Crippen molar-refractivity contribution in [1.82, 2.24) is 0 Å². The lowest BCUT2D eigenvalue weighted by Crippen LogP contribution is -2.20. The van der Waals surface area contributed by atoms with Crippen LogP contribution in [0.25, 0.3) is 0 Å². The van der Waals surface area contributed by atoms with E-state index in [2.05, 4.69) is 26.0 Å². The molecule has 1 aromatic carbocycles. The average molecular weight is 323 g/mol. The molecule has 0 heterocycles. The number of alkyl halides is 3. The monoisotopic (exact) mass is 322 g/mol. The first kappa shape index (κ1) is 14.8. The fourth-order valence-electron chi connectivity index (χ4n) is 1.17. The van der Waals surface area contributed by atoms with Crippen molar-refractivity contribution in [3.05, 3.63) is 28.2 Å². The molecule has 0 bridgehead atoms. The van der Waals surface area contributed by atoms with Crippen molar-refractivity contribution in [1.29, 1.82) is 5.26 Å². The predicted octanol–water partition coefficient (Wildman–Crippen LogP) is 3.31. The molecule has 0 unspecified atom stereocenters. The van der Waals surface area contributed by atoms with E-state index in [0.717, 1.165) is 0 Å². The molecule has 7 heteroatoms. The number of hydrogen-bond acceptors (Lipinski definition) is 3. The topological polar surface area (TPSA) is 45.0 Å². The molecule has 0 aliphatic heterocycles. The lowest BCUT2D eigenvalue weighted by molar-refractivity contribution is -0.172. The lowest BCUT2D eigenvalue weighted by Gasteiger charge is -2.09. The summed E-state index contributed by atoms with van der Waals surface area (Å²) in [7, 11) is 0. The van der Waals surface area contributed by atoms with Gasteiger partial charge in [-0.25, -0.2) is 0 Å². The molecule has 3 nitrogen and oxygen atoms in total. The largest absolute Gasteiger partial charge is 0.411 e. The number of benzene rings is 1. The first-order valence-electron chi connectivity index (χ1n) is 5.00. The summed E-state index contributed by atoms with van der Waals surface area (Å²) in [4.78, 5) is 0. The molecule has 1 rings (SSSR count). The number of nitriles is 1. The number of rotatable bonds is 5. The van der Waals surface area contributed by atoms with Crippen molar-refractivity contribution in [2.24, 2.45) is 0 Å². The molecular formula is C11H10BrF3N2O. The molecule has 0 aliphatic carbocycles. The lowest BCUT2D eigenvalue weighted by atomic mass is 10.2. The van der Waals surface area contributed by atoms with Gasteiger partial charge in [0.1, 0.15) is 12.7 Å². The third kappa shape index (κ3) is 5.38. The highest BCUT2D eigenvalue weighted by Gasteiger charge is 2.27. The van der Waals surface area contributed by atoms with Crippen LogP contribution in [0.5, 0.6) is 0 Å². The molecule has 0 radical (unpaired) electrons.